The maximum absolute atomic E-state index is 5.39. The van der Waals surface area contributed by atoms with E-state index in [1.807, 2.05) is 0 Å². The average molecular weight is 624 g/mol. The van der Waals surface area contributed by atoms with E-state index in [9.17, 15) is 0 Å². The Hall–Kier alpha value is -6.58. The lowest BCUT2D eigenvalue weighted by Gasteiger charge is -2.13. The summed E-state index contributed by atoms with van der Waals surface area (Å²) in [6, 6.07) is 62.7. The van der Waals surface area contributed by atoms with Crippen molar-refractivity contribution in [3.8, 4) is 39.5 Å². The number of nitrogens with zero attached hydrogens (tertiary/aromatic N) is 3. The van der Waals surface area contributed by atoms with E-state index >= 15 is 0 Å². The fourth-order valence-corrected chi connectivity index (χ4v) is 7.38. The predicted molar refractivity (Wildman–Crippen MR) is 205 cm³/mol. The van der Waals surface area contributed by atoms with Gasteiger partial charge >= 0.3 is 0 Å². The molecule has 3 nitrogen and oxygen atoms in total. The topological polar surface area (TPSA) is 30.7 Å². The summed E-state index contributed by atoms with van der Waals surface area (Å²) in [7, 11) is 0. The van der Waals surface area contributed by atoms with Crippen LogP contribution >= 0.6 is 0 Å². The van der Waals surface area contributed by atoms with Crippen molar-refractivity contribution in [3.05, 3.63) is 176 Å². The molecule has 10 aromatic rings. The molecule has 0 aliphatic heterocycles. The average Bonchev–Trinajstić information content (AvgIpc) is 3.49. The van der Waals surface area contributed by atoms with Crippen molar-refractivity contribution in [2.45, 2.75) is 0 Å². The Morgan fingerprint density at radius 2 is 1.02 bits per heavy atom. The van der Waals surface area contributed by atoms with Gasteiger partial charge in [0.05, 0.1) is 16.6 Å². The molecule has 0 aliphatic carbocycles. The molecule has 228 valence electrons. The summed E-state index contributed by atoms with van der Waals surface area (Å²) in [4.78, 5) is 10.5. The molecule has 0 saturated heterocycles. The first-order chi connectivity index (χ1) is 24.3. The van der Waals surface area contributed by atoms with Crippen LogP contribution in [0.25, 0.3) is 93.7 Å². The summed E-state index contributed by atoms with van der Waals surface area (Å²) in [5.74, 6) is 1.58. The maximum Gasteiger partial charge on any atom is 0.162 e. The van der Waals surface area contributed by atoms with Crippen LogP contribution in [-0.4, -0.2) is 14.5 Å². The summed E-state index contributed by atoms with van der Waals surface area (Å²) in [5.41, 5.74) is 8.89. The standard InChI is InChI=1S/C46H29N3/c1-2-12-32(13-3-1)38-18-10-20-42-44(38)40-28-35-15-6-7-16-36(35)29-43(40)49(42)46-39-17-8-9-19-41(39)47-45(48-46)33-24-21-31(22-25-33)37-26-23-30-11-4-5-14-34(30)27-37/h1-29H. The summed E-state index contributed by atoms with van der Waals surface area (Å²) in [6.07, 6.45) is 0. The molecular weight excluding hydrogens is 595 g/mol. The monoisotopic (exact) mass is 623 g/mol. The van der Waals surface area contributed by atoms with Crippen molar-refractivity contribution in [1.82, 2.24) is 14.5 Å². The van der Waals surface area contributed by atoms with Gasteiger partial charge in [0.25, 0.3) is 0 Å². The first-order valence-electron chi connectivity index (χ1n) is 16.7. The molecule has 0 fully saturated rings. The Bertz CT molecular complexity index is 2870. The normalized spacial score (nSPS) is 11.7. The zero-order valence-corrected chi connectivity index (χ0v) is 26.6. The molecule has 10 rings (SSSR count). The molecular formula is C46H29N3. The van der Waals surface area contributed by atoms with E-state index < -0.39 is 0 Å². The van der Waals surface area contributed by atoms with E-state index in [1.165, 1.54) is 54.6 Å². The molecule has 2 heterocycles. The van der Waals surface area contributed by atoms with Crippen LogP contribution in [0.15, 0.2) is 176 Å². The lowest BCUT2D eigenvalue weighted by Crippen LogP contribution is -2.02. The Morgan fingerprint density at radius 1 is 0.367 bits per heavy atom. The number of rotatable bonds is 4. The maximum atomic E-state index is 5.39. The molecule has 8 aromatic carbocycles. The minimum atomic E-state index is 0.703. The zero-order chi connectivity index (χ0) is 32.3. The van der Waals surface area contributed by atoms with Crippen molar-refractivity contribution in [2.75, 3.05) is 0 Å². The Kier molecular flexibility index (Phi) is 6.18. The van der Waals surface area contributed by atoms with Gasteiger partial charge in [0.2, 0.25) is 0 Å². The third kappa shape index (κ3) is 4.51. The molecule has 0 atom stereocenters. The van der Waals surface area contributed by atoms with Gasteiger partial charge in [0.1, 0.15) is 5.82 Å². The molecule has 49 heavy (non-hydrogen) atoms. The van der Waals surface area contributed by atoms with Gasteiger partial charge < -0.3 is 0 Å². The van der Waals surface area contributed by atoms with Crippen molar-refractivity contribution < 1.29 is 0 Å². The van der Waals surface area contributed by atoms with Crippen LogP contribution < -0.4 is 0 Å². The third-order valence-electron chi connectivity index (χ3n) is 9.76. The van der Waals surface area contributed by atoms with Crippen LogP contribution in [0.5, 0.6) is 0 Å². The SMILES string of the molecule is c1ccc(-c2cccc3c2c2cc4ccccc4cc2n3-c2nc(-c3ccc(-c4ccc5ccccc5c4)cc3)nc3ccccc23)cc1. The van der Waals surface area contributed by atoms with Crippen molar-refractivity contribution in [1.29, 1.82) is 0 Å². The fraction of sp³-hybridized carbons (Fsp3) is 0. The highest BCUT2D eigenvalue weighted by Gasteiger charge is 2.20. The van der Waals surface area contributed by atoms with Crippen LogP contribution in [0.3, 0.4) is 0 Å². The van der Waals surface area contributed by atoms with Crippen LogP contribution in [0.1, 0.15) is 0 Å². The van der Waals surface area contributed by atoms with Crippen LogP contribution in [0.2, 0.25) is 0 Å². The predicted octanol–water partition coefficient (Wildman–Crippen LogP) is 12.0. The van der Waals surface area contributed by atoms with Gasteiger partial charge in [-0.1, -0.05) is 140 Å². The quantitative estimate of drug-likeness (QED) is 0.195. The van der Waals surface area contributed by atoms with Crippen LogP contribution in [0.4, 0.5) is 0 Å². The molecule has 0 N–H and O–H groups in total. The molecule has 0 spiro atoms. The van der Waals surface area contributed by atoms with E-state index in [4.69, 9.17) is 9.97 Å². The second-order valence-electron chi connectivity index (χ2n) is 12.6. The minimum Gasteiger partial charge on any atom is -0.293 e. The number of benzene rings is 8. The number of para-hydroxylation sites is 1. The Balaban J connectivity index is 1.21. The first kappa shape index (κ1) is 27.5. The molecule has 0 radical (unpaired) electrons. The van der Waals surface area contributed by atoms with Gasteiger partial charge in [-0.2, -0.15) is 0 Å². The van der Waals surface area contributed by atoms with Gasteiger partial charge in [-0.15, -0.1) is 0 Å². The fourth-order valence-electron chi connectivity index (χ4n) is 7.38. The van der Waals surface area contributed by atoms with E-state index in [0.717, 1.165) is 33.3 Å². The second kappa shape index (κ2) is 11.0. The van der Waals surface area contributed by atoms with E-state index in [-0.39, 0.29) is 0 Å². The van der Waals surface area contributed by atoms with Crippen molar-refractivity contribution in [3.63, 3.8) is 0 Å². The molecule has 2 aromatic heterocycles. The van der Waals surface area contributed by atoms with Gasteiger partial charge in [-0.05, 0) is 80.2 Å². The highest BCUT2D eigenvalue weighted by molar-refractivity contribution is 6.19. The van der Waals surface area contributed by atoms with E-state index in [1.54, 1.807) is 0 Å². The highest BCUT2D eigenvalue weighted by Crippen LogP contribution is 2.41. The molecule has 0 unspecified atom stereocenters. The number of hydrogen-bond acceptors (Lipinski definition) is 2. The summed E-state index contributed by atoms with van der Waals surface area (Å²) in [6.45, 7) is 0. The third-order valence-corrected chi connectivity index (χ3v) is 9.76. The van der Waals surface area contributed by atoms with Crippen LogP contribution in [0, 0.1) is 0 Å². The Morgan fingerprint density at radius 3 is 1.84 bits per heavy atom. The smallest absolute Gasteiger partial charge is 0.162 e. The lowest BCUT2D eigenvalue weighted by atomic mass is 9.98. The lowest BCUT2D eigenvalue weighted by molar-refractivity contribution is 1.08. The van der Waals surface area contributed by atoms with Gasteiger partial charge in [-0.25, -0.2) is 9.97 Å². The number of aromatic nitrogens is 3. The zero-order valence-electron chi connectivity index (χ0n) is 26.6. The molecule has 3 heteroatoms. The molecule has 0 amide bonds. The van der Waals surface area contributed by atoms with Crippen LogP contribution in [-0.2, 0) is 0 Å². The number of fused-ring (bicyclic) bond motifs is 6. The molecule has 0 bridgehead atoms. The van der Waals surface area contributed by atoms with Gasteiger partial charge in [-0.3, -0.25) is 4.57 Å². The Labute approximate surface area is 283 Å². The van der Waals surface area contributed by atoms with Crippen molar-refractivity contribution in [2.24, 2.45) is 0 Å². The minimum absolute atomic E-state index is 0.703. The first-order valence-corrected chi connectivity index (χ1v) is 16.7. The van der Waals surface area contributed by atoms with Gasteiger partial charge in [0, 0.05) is 21.7 Å². The highest BCUT2D eigenvalue weighted by atomic mass is 15.1. The second-order valence-corrected chi connectivity index (χ2v) is 12.6. The van der Waals surface area contributed by atoms with E-state index in [2.05, 4.69) is 180 Å². The summed E-state index contributed by atoms with van der Waals surface area (Å²) < 4.78 is 2.35. The summed E-state index contributed by atoms with van der Waals surface area (Å²) >= 11 is 0. The van der Waals surface area contributed by atoms with Crippen molar-refractivity contribution >= 4 is 54.3 Å². The van der Waals surface area contributed by atoms with Gasteiger partial charge in [0.15, 0.2) is 5.82 Å². The summed E-state index contributed by atoms with van der Waals surface area (Å²) in [5, 5.41) is 8.33. The van der Waals surface area contributed by atoms with E-state index in [0.29, 0.717) is 5.82 Å². The largest absolute Gasteiger partial charge is 0.293 e. The molecule has 0 aliphatic rings. The number of hydrogen-bond donors (Lipinski definition) is 0. The molecule has 0 saturated carbocycles.